The third kappa shape index (κ3) is 3.63. The lowest BCUT2D eigenvalue weighted by Crippen LogP contribution is -2.22. The van der Waals surface area contributed by atoms with Gasteiger partial charge in [0, 0.05) is 25.3 Å². The molecule has 0 amide bonds. The van der Waals surface area contributed by atoms with E-state index >= 15 is 0 Å². The fourth-order valence-corrected chi connectivity index (χ4v) is 5.04. The molecule has 2 heterocycles. The van der Waals surface area contributed by atoms with Gasteiger partial charge in [-0.15, -0.1) is 11.3 Å². The van der Waals surface area contributed by atoms with E-state index in [0.29, 0.717) is 4.34 Å². The van der Waals surface area contributed by atoms with E-state index in [1.165, 1.54) is 24.6 Å². The molecule has 0 atom stereocenters. The largest absolute Gasteiger partial charge is 0.372 e. The highest BCUT2D eigenvalue weighted by Gasteiger charge is 2.16. The number of nitrogens with one attached hydrogen (secondary N) is 1. The highest BCUT2D eigenvalue weighted by atomic mass is 35.5. The number of anilines is 1. The Hall–Kier alpha value is -1.08. The summed E-state index contributed by atoms with van der Waals surface area (Å²) < 4.78 is 27.6. The smallest absolute Gasteiger partial charge is 0.250 e. The first kappa shape index (κ1) is 15.8. The highest BCUT2D eigenvalue weighted by Crippen LogP contribution is 2.25. The Kier molecular flexibility index (Phi) is 4.73. The van der Waals surface area contributed by atoms with Crippen molar-refractivity contribution >= 4 is 38.6 Å². The van der Waals surface area contributed by atoms with Crippen LogP contribution in [0.15, 0.2) is 40.6 Å². The van der Waals surface area contributed by atoms with Crippen molar-refractivity contribution in [2.45, 2.75) is 23.6 Å². The molecule has 1 saturated heterocycles. The van der Waals surface area contributed by atoms with E-state index in [2.05, 4.69) is 21.8 Å². The molecule has 1 aromatic heterocycles. The maximum Gasteiger partial charge on any atom is 0.250 e. The second-order valence-electron chi connectivity index (χ2n) is 5.24. The zero-order valence-electron chi connectivity index (χ0n) is 12.0. The molecule has 118 valence electrons. The summed E-state index contributed by atoms with van der Waals surface area (Å²) in [7, 11) is -3.49. The molecule has 4 nitrogen and oxygen atoms in total. The first-order chi connectivity index (χ1) is 10.5. The maximum absolute atomic E-state index is 12.1. The molecular weight excluding hydrogens is 340 g/mol. The molecule has 1 aromatic carbocycles. The summed E-state index contributed by atoms with van der Waals surface area (Å²) in [5, 5.41) is 0. The lowest BCUT2D eigenvalue weighted by Gasteiger charge is -2.17. The third-order valence-corrected chi connectivity index (χ3v) is 6.81. The van der Waals surface area contributed by atoms with Gasteiger partial charge in [0.1, 0.15) is 4.21 Å². The Bertz CT molecular complexity index is 735. The van der Waals surface area contributed by atoms with Crippen LogP contribution in [-0.2, 0) is 16.6 Å². The maximum atomic E-state index is 12.1. The number of rotatable bonds is 5. The predicted molar refractivity (Wildman–Crippen MR) is 91.2 cm³/mol. The molecule has 22 heavy (non-hydrogen) atoms. The van der Waals surface area contributed by atoms with E-state index in [1.807, 2.05) is 12.1 Å². The van der Waals surface area contributed by atoms with Gasteiger partial charge in [0.15, 0.2) is 0 Å². The minimum absolute atomic E-state index is 0.242. The summed E-state index contributed by atoms with van der Waals surface area (Å²) in [5.41, 5.74) is 2.14. The van der Waals surface area contributed by atoms with Gasteiger partial charge in [-0.1, -0.05) is 23.7 Å². The lowest BCUT2D eigenvalue weighted by atomic mass is 10.2. The zero-order valence-corrected chi connectivity index (χ0v) is 14.3. The van der Waals surface area contributed by atoms with Crippen LogP contribution in [0.3, 0.4) is 0 Å². The number of benzene rings is 1. The molecule has 1 fully saturated rings. The number of hydrogen-bond donors (Lipinski definition) is 1. The average Bonchev–Trinajstić information content (AvgIpc) is 3.17. The van der Waals surface area contributed by atoms with Crippen molar-refractivity contribution in [2.24, 2.45) is 0 Å². The van der Waals surface area contributed by atoms with Crippen LogP contribution in [0, 0.1) is 0 Å². The van der Waals surface area contributed by atoms with Crippen molar-refractivity contribution in [3.63, 3.8) is 0 Å². The van der Waals surface area contributed by atoms with E-state index in [0.717, 1.165) is 30.0 Å². The van der Waals surface area contributed by atoms with E-state index in [9.17, 15) is 8.42 Å². The molecule has 1 N–H and O–H groups in total. The minimum Gasteiger partial charge on any atom is -0.372 e. The monoisotopic (exact) mass is 356 g/mol. The van der Waals surface area contributed by atoms with Crippen LogP contribution in [0.25, 0.3) is 0 Å². The van der Waals surface area contributed by atoms with Crippen LogP contribution in [0.2, 0.25) is 4.34 Å². The molecule has 0 spiro atoms. The first-order valence-corrected chi connectivity index (χ1v) is 9.81. The molecular formula is C15H17ClN2O2S2. The summed E-state index contributed by atoms with van der Waals surface area (Å²) in [6.07, 6.45) is 2.48. The fraction of sp³-hybridized carbons (Fsp3) is 0.333. The van der Waals surface area contributed by atoms with E-state index < -0.39 is 10.0 Å². The van der Waals surface area contributed by atoms with Crippen molar-refractivity contribution in [3.05, 3.63) is 46.3 Å². The summed E-state index contributed by atoms with van der Waals surface area (Å²) in [4.78, 5) is 2.35. The third-order valence-electron chi connectivity index (χ3n) is 3.69. The summed E-state index contributed by atoms with van der Waals surface area (Å²) in [6, 6.07) is 11.2. The Morgan fingerprint density at radius 1 is 1.09 bits per heavy atom. The van der Waals surface area contributed by atoms with Gasteiger partial charge >= 0.3 is 0 Å². The molecule has 0 saturated carbocycles. The number of sulfonamides is 1. The first-order valence-electron chi connectivity index (χ1n) is 7.13. The molecule has 3 rings (SSSR count). The molecule has 2 aromatic rings. The van der Waals surface area contributed by atoms with Crippen LogP contribution in [-0.4, -0.2) is 21.5 Å². The van der Waals surface area contributed by atoms with Crippen molar-refractivity contribution in [1.29, 1.82) is 0 Å². The SMILES string of the molecule is O=S(=O)(NCc1ccc(N2CCCC2)cc1)c1ccc(Cl)s1. The van der Waals surface area contributed by atoms with Crippen molar-refractivity contribution < 1.29 is 8.42 Å². The van der Waals surface area contributed by atoms with Gasteiger partial charge in [-0.25, -0.2) is 13.1 Å². The second-order valence-corrected chi connectivity index (χ2v) is 8.95. The van der Waals surface area contributed by atoms with Gasteiger partial charge in [-0.3, -0.25) is 0 Å². The molecule has 0 aliphatic carbocycles. The van der Waals surface area contributed by atoms with Gasteiger partial charge in [0.2, 0.25) is 10.0 Å². The molecule has 0 unspecified atom stereocenters. The highest BCUT2D eigenvalue weighted by molar-refractivity contribution is 7.91. The Morgan fingerprint density at radius 2 is 1.77 bits per heavy atom. The van der Waals surface area contributed by atoms with Crippen LogP contribution in [0.4, 0.5) is 5.69 Å². The second kappa shape index (κ2) is 6.58. The molecule has 1 aliphatic heterocycles. The van der Waals surface area contributed by atoms with Gasteiger partial charge in [-0.2, -0.15) is 0 Å². The van der Waals surface area contributed by atoms with Crippen molar-refractivity contribution in [2.75, 3.05) is 18.0 Å². The number of hydrogen-bond acceptors (Lipinski definition) is 4. The topological polar surface area (TPSA) is 49.4 Å². The summed E-state index contributed by atoms with van der Waals surface area (Å²) in [6.45, 7) is 2.48. The lowest BCUT2D eigenvalue weighted by molar-refractivity contribution is 0.583. The number of thiophene rings is 1. The average molecular weight is 357 g/mol. The Balaban J connectivity index is 1.63. The van der Waals surface area contributed by atoms with Gasteiger partial charge < -0.3 is 4.90 Å². The van der Waals surface area contributed by atoms with Crippen LogP contribution < -0.4 is 9.62 Å². The van der Waals surface area contributed by atoms with Crippen molar-refractivity contribution in [1.82, 2.24) is 4.72 Å². The van der Waals surface area contributed by atoms with Gasteiger partial charge in [-0.05, 0) is 42.7 Å². The van der Waals surface area contributed by atoms with Crippen LogP contribution >= 0.6 is 22.9 Å². The van der Waals surface area contributed by atoms with E-state index in [1.54, 1.807) is 6.07 Å². The fourth-order valence-electron chi connectivity index (χ4n) is 2.49. The summed E-state index contributed by atoms with van der Waals surface area (Å²) in [5.74, 6) is 0. The quantitative estimate of drug-likeness (QED) is 0.892. The zero-order chi connectivity index (χ0) is 15.6. The number of halogens is 1. The molecule has 7 heteroatoms. The summed E-state index contributed by atoms with van der Waals surface area (Å²) >= 11 is 6.84. The van der Waals surface area contributed by atoms with Crippen molar-refractivity contribution in [3.8, 4) is 0 Å². The van der Waals surface area contributed by atoms with E-state index in [4.69, 9.17) is 11.6 Å². The van der Waals surface area contributed by atoms with Gasteiger partial charge in [0.05, 0.1) is 4.34 Å². The van der Waals surface area contributed by atoms with Gasteiger partial charge in [0.25, 0.3) is 0 Å². The predicted octanol–water partition coefficient (Wildman–Crippen LogP) is 3.48. The molecule has 1 aliphatic rings. The molecule has 0 radical (unpaired) electrons. The normalized spacial score (nSPS) is 15.4. The molecule has 0 bridgehead atoms. The number of nitrogens with zero attached hydrogens (tertiary/aromatic N) is 1. The Morgan fingerprint density at radius 3 is 2.36 bits per heavy atom. The standard InChI is InChI=1S/C15H17ClN2O2S2/c16-14-7-8-15(21-14)22(19,20)17-11-12-3-5-13(6-4-12)18-9-1-2-10-18/h3-8,17H,1-2,9-11H2. The Labute approximate surface area is 139 Å². The van der Waals surface area contributed by atoms with Crippen LogP contribution in [0.1, 0.15) is 18.4 Å². The van der Waals surface area contributed by atoms with E-state index in [-0.39, 0.29) is 10.8 Å². The minimum atomic E-state index is -3.49. The van der Waals surface area contributed by atoms with Crippen LogP contribution in [0.5, 0.6) is 0 Å².